The van der Waals surface area contributed by atoms with Gasteiger partial charge in [-0.3, -0.25) is 20.4 Å². The third kappa shape index (κ3) is 2.49. The third-order valence-electron chi connectivity index (χ3n) is 6.59. The van der Waals surface area contributed by atoms with Crippen LogP contribution in [0.4, 0.5) is 0 Å². The van der Waals surface area contributed by atoms with E-state index < -0.39 is 0 Å². The highest BCUT2D eigenvalue weighted by molar-refractivity contribution is 9.10. The first-order valence-electron chi connectivity index (χ1n) is 9.32. The molecule has 2 unspecified atom stereocenters. The van der Waals surface area contributed by atoms with E-state index in [9.17, 15) is 9.59 Å². The Morgan fingerprint density at radius 1 is 1.08 bits per heavy atom. The van der Waals surface area contributed by atoms with Crippen molar-refractivity contribution in [3.63, 3.8) is 0 Å². The molecule has 0 saturated heterocycles. The van der Waals surface area contributed by atoms with Crippen LogP contribution in [-0.2, 0) is 4.79 Å². The van der Waals surface area contributed by atoms with E-state index in [1.54, 1.807) is 6.20 Å². The molecule has 6 heteroatoms. The Morgan fingerprint density at radius 2 is 1.81 bits per heavy atom. The molecule has 2 atom stereocenters. The summed E-state index contributed by atoms with van der Waals surface area (Å²) in [5, 5.41) is 0.855. The van der Waals surface area contributed by atoms with E-state index >= 15 is 0 Å². The zero-order chi connectivity index (χ0) is 17.9. The van der Waals surface area contributed by atoms with Crippen LogP contribution >= 0.6 is 15.9 Å². The summed E-state index contributed by atoms with van der Waals surface area (Å²) in [6, 6.07) is 7.65. The molecule has 4 aliphatic carbocycles. The molecule has 2 amide bonds. The number of rotatable bonds is 2. The summed E-state index contributed by atoms with van der Waals surface area (Å²) >= 11 is 3.93. The lowest BCUT2D eigenvalue weighted by Gasteiger charge is -2.59. The first kappa shape index (κ1) is 16.4. The molecule has 0 spiro atoms. The van der Waals surface area contributed by atoms with Gasteiger partial charge in [-0.2, -0.15) is 0 Å². The summed E-state index contributed by atoms with van der Waals surface area (Å²) in [5.74, 6) is 0.953. The Morgan fingerprint density at radius 3 is 2.54 bits per heavy atom. The second-order valence-corrected chi connectivity index (χ2v) is 10.2. The van der Waals surface area contributed by atoms with Crippen molar-refractivity contribution in [2.24, 2.45) is 17.3 Å². The largest absolute Gasteiger partial charge is 0.360 e. The number of hydrazine groups is 1. The van der Waals surface area contributed by atoms with Crippen molar-refractivity contribution in [1.29, 1.82) is 0 Å². The summed E-state index contributed by atoms with van der Waals surface area (Å²) in [6.07, 6.45) is 8.08. The van der Waals surface area contributed by atoms with Gasteiger partial charge in [0.25, 0.3) is 5.91 Å². The van der Waals surface area contributed by atoms with Gasteiger partial charge in [-0.15, -0.1) is 0 Å². The van der Waals surface area contributed by atoms with E-state index in [1.807, 2.05) is 24.3 Å². The van der Waals surface area contributed by atoms with Crippen LogP contribution < -0.4 is 10.9 Å². The van der Waals surface area contributed by atoms with Crippen LogP contribution in [0, 0.1) is 17.3 Å². The fraction of sp³-hybridized carbons (Fsp3) is 0.500. The van der Waals surface area contributed by atoms with E-state index in [1.165, 1.54) is 19.3 Å². The van der Waals surface area contributed by atoms with E-state index in [0.717, 1.165) is 30.2 Å². The maximum Gasteiger partial charge on any atom is 0.271 e. The Labute approximate surface area is 160 Å². The van der Waals surface area contributed by atoms with Crippen molar-refractivity contribution in [2.75, 3.05) is 0 Å². The number of nitrogens with one attached hydrogen (secondary N) is 3. The fourth-order valence-corrected chi connectivity index (χ4v) is 7.44. The van der Waals surface area contributed by atoms with Gasteiger partial charge in [0.2, 0.25) is 5.91 Å². The molecule has 4 aliphatic rings. The summed E-state index contributed by atoms with van der Waals surface area (Å²) in [7, 11) is 0. The van der Waals surface area contributed by atoms with Gasteiger partial charge in [-0.05, 0) is 56.4 Å². The lowest BCUT2D eigenvalue weighted by molar-refractivity contribution is -0.144. The van der Waals surface area contributed by atoms with E-state index in [4.69, 9.17) is 0 Å². The van der Waals surface area contributed by atoms with Gasteiger partial charge < -0.3 is 4.98 Å². The van der Waals surface area contributed by atoms with Gasteiger partial charge >= 0.3 is 0 Å². The SMILES string of the molecule is O=C(NNC(=O)C12CC3CC(CC(Br)(C3)C1)C2)c1c[nH]c2ccccc12. The monoisotopic (exact) mass is 415 g/mol. The average molecular weight is 416 g/mol. The molecular formula is C20H22BrN3O2. The molecule has 136 valence electrons. The van der Waals surface area contributed by atoms with Crippen molar-refractivity contribution in [2.45, 2.75) is 42.8 Å². The molecule has 1 aromatic carbocycles. The topological polar surface area (TPSA) is 74.0 Å². The number of fused-ring (bicyclic) bond motifs is 1. The number of carbonyl (C=O) groups is 2. The minimum absolute atomic E-state index is 0.0244. The third-order valence-corrected chi connectivity index (χ3v) is 7.52. The number of benzene rings is 1. The van der Waals surface area contributed by atoms with E-state index in [0.29, 0.717) is 17.4 Å². The molecule has 1 heterocycles. The number of alkyl halides is 1. The van der Waals surface area contributed by atoms with Crippen LogP contribution in [0.3, 0.4) is 0 Å². The van der Waals surface area contributed by atoms with Crippen molar-refractivity contribution in [3.05, 3.63) is 36.0 Å². The van der Waals surface area contributed by atoms with Gasteiger partial charge in [0.1, 0.15) is 0 Å². The zero-order valence-electron chi connectivity index (χ0n) is 14.5. The number of para-hydroxylation sites is 1. The van der Waals surface area contributed by atoms with Crippen molar-refractivity contribution < 1.29 is 9.59 Å². The van der Waals surface area contributed by atoms with Crippen molar-refractivity contribution in [1.82, 2.24) is 15.8 Å². The predicted molar refractivity (Wildman–Crippen MR) is 103 cm³/mol. The molecule has 0 aliphatic heterocycles. The Hall–Kier alpha value is -1.82. The van der Waals surface area contributed by atoms with Crippen LogP contribution in [0.5, 0.6) is 0 Å². The highest BCUT2D eigenvalue weighted by Crippen LogP contribution is 2.64. The molecule has 5 nitrogen and oxygen atoms in total. The van der Waals surface area contributed by atoms with Crippen molar-refractivity contribution in [3.8, 4) is 0 Å². The Balaban J connectivity index is 1.31. The first-order chi connectivity index (χ1) is 12.5. The number of H-pyrrole nitrogens is 1. The maximum atomic E-state index is 13.0. The lowest BCUT2D eigenvalue weighted by atomic mass is 9.49. The number of aromatic amines is 1. The zero-order valence-corrected chi connectivity index (χ0v) is 16.1. The molecule has 3 N–H and O–H groups in total. The second kappa shape index (κ2) is 5.59. The first-order valence-corrected chi connectivity index (χ1v) is 10.1. The number of amides is 2. The van der Waals surface area contributed by atoms with Gasteiger partial charge in [-0.25, -0.2) is 0 Å². The Bertz CT molecular complexity index is 891. The highest BCUT2D eigenvalue weighted by Gasteiger charge is 2.59. The minimum Gasteiger partial charge on any atom is -0.360 e. The predicted octanol–water partition coefficient (Wildman–Crippen LogP) is 3.66. The molecule has 2 aromatic rings. The van der Waals surface area contributed by atoms with Crippen LogP contribution in [-0.4, -0.2) is 21.1 Å². The van der Waals surface area contributed by atoms with Crippen molar-refractivity contribution >= 4 is 38.6 Å². The smallest absolute Gasteiger partial charge is 0.271 e. The van der Waals surface area contributed by atoms with Crippen LogP contribution in [0.1, 0.15) is 48.9 Å². The van der Waals surface area contributed by atoms with Crippen LogP contribution in [0.25, 0.3) is 10.9 Å². The standard InChI is InChI=1S/C20H22BrN3O2/c21-20-8-12-5-13(9-20)7-19(6-12,11-20)18(26)24-23-17(25)15-10-22-16-4-2-1-3-14(15)16/h1-4,10,12-13,22H,5-9,11H2,(H,23,25)(H,24,26). The highest BCUT2D eigenvalue weighted by atomic mass is 79.9. The van der Waals surface area contributed by atoms with E-state index in [2.05, 4.69) is 31.8 Å². The molecule has 26 heavy (non-hydrogen) atoms. The quantitative estimate of drug-likeness (QED) is 0.517. The number of carbonyl (C=O) groups excluding carboxylic acids is 2. The van der Waals surface area contributed by atoms with Gasteiger partial charge in [0.15, 0.2) is 0 Å². The van der Waals surface area contributed by atoms with Crippen LogP contribution in [0.2, 0.25) is 0 Å². The van der Waals surface area contributed by atoms with Crippen LogP contribution in [0.15, 0.2) is 30.5 Å². The second-order valence-electron chi connectivity index (χ2n) is 8.55. The average Bonchev–Trinajstić information content (AvgIpc) is 3.01. The lowest BCUT2D eigenvalue weighted by Crippen LogP contribution is -2.60. The molecule has 0 radical (unpaired) electrons. The molecule has 4 fully saturated rings. The number of aromatic nitrogens is 1. The number of halogens is 1. The van der Waals surface area contributed by atoms with Gasteiger partial charge in [0, 0.05) is 21.4 Å². The molecule has 4 bridgehead atoms. The molecular weight excluding hydrogens is 394 g/mol. The van der Waals surface area contributed by atoms with Gasteiger partial charge in [-0.1, -0.05) is 34.1 Å². The van der Waals surface area contributed by atoms with Gasteiger partial charge in [0.05, 0.1) is 11.0 Å². The fourth-order valence-electron chi connectivity index (χ4n) is 5.99. The molecule has 6 rings (SSSR count). The van der Waals surface area contributed by atoms with E-state index in [-0.39, 0.29) is 21.6 Å². The summed E-state index contributed by atoms with van der Waals surface area (Å²) in [4.78, 5) is 28.7. The summed E-state index contributed by atoms with van der Waals surface area (Å²) < 4.78 is 0.120. The summed E-state index contributed by atoms with van der Waals surface area (Å²) in [6.45, 7) is 0. The molecule has 1 aromatic heterocycles. The number of hydrogen-bond acceptors (Lipinski definition) is 2. The maximum absolute atomic E-state index is 13.0. The molecule has 4 saturated carbocycles. The minimum atomic E-state index is -0.332. The number of hydrogen-bond donors (Lipinski definition) is 3. The normalized spacial score (nSPS) is 34.8. The summed E-state index contributed by atoms with van der Waals surface area (Å²) in [5.41, 5.74) is 6.50. The Kier molecular flexibility index (Phi) is 3.52.